The zero-order valence-corrected chi connectivity index (χ0v) is 12.3. The molecule has 1 heterocycles. The van der Waals surface area contributed by atoms with Gasteiger partial charge in [-0.2, -0.15) is 0 Å². The Kier molecular flexibility index (Phi) is 4.94. The van der Waals surface area contributed by atoms with Gasteiger partial charge in [-0.3, -0.25) is 9.78 Å². The molecule has 1 aliphatic carbocycles. The molecule has 0 bridgehead atoms. The second-order valence-corrected chi connectivity index (χ2v) is 5.83. The van der Waals surface area contributed by atoms with Crippen molar-refractivity contribution in [2.75, 3.05) is 11.4 Å². The lowest BCUT2D eigenvalue weighted by Gasteiger charge is -2.35. The van der Waals surface area contributed by atoms with E-state index in [2.05, 4.69) is 17.6 Å². The third-order valence-electron chi connectivity index (χ3n) is 4.49. The molecule has 0 saturated heterocycles. The maximum atomic E-state index is 11.3. The highest BCUT2D eigenvalue weighted by molar-refractivity contribution is 5.74. The second kappa shape index (κ2) is 6.69. The van der Waals surface area contributed by atoms with Gasteiger partial charge in [-0.15, -0.1) is 6.58 Å². The first-order valence-electron chi connectivity index (χ1n) is 7.47. The molecule has 0 aromatic carbocycles. The van der Waals surface area contributed by atoms with Crippen molar-refractivity contribution in [3.8, 4) is 0 Å². The number of nitrogens with zero attached hydrogens (tertiary/aromatic N) is 2. The van der Waals surface area contributed by atoms with Crippen molar-refractivity contribution in [3.63, 3.8) is 0 Å². The van der Waals surface area contributed by atoms with Gasteiger partial charge in [-0.25, -0.2) is 0 Å². The maximum absolute atomic E-state index is 11.3. The maximum Gasteiger partial charge on any atom is 0.214 e. The van der Waals surface area contributed by atoms with Crippen LogP contribution < -0.4 is 4.90 Å². The molecule has 1 amide bonds. The minimum Gasteiger partial charge on any atom is -0.313 e. The minimum absolute atomic E-state index is 0.220. The largest absolute Gasteiger partial charge is 0.313 e. The van der Waals surface area contributed by atoms with Crippen LogP contribution in [0.4, 0.5) is 5.69 Å². The zero-order valence-electron chi connectivity index (χ0n) is 12.3. The van der Waals surface area contributed by atoms with Crippen molar-refractivity contribution in [2.24, 2.45) is 5.41 Å². The van der Waals surface area contributed by atoms with Gasteiger partial charge in [0, 0.05) is 12.2 Å². The number of aromatic nitrogens is 1. The first-order valence-corrected chi connectivity index (χ1v) is 7.47. The van der Waals surface area contributed by atoms with E-state index >= 15 is 0 Å². The summed E-state index contributed by atoms with van der Waals surface area (Å²) in [5.41, 5.74) is 2.06. The molecule has 0 N–H and O–H groups in total. The molecule has 3 heteroatoms. The fourth-order valence-corrected chi connectivity index (χ4v) is 3.03. The average Bonchev–Trinajstić information content (AvgIpc) is 2.50. The Balaban J connectivity index is 2.01. The van der Waals surface area contributed by atoms with Gasteiger partial charge in [0.25, 0.3) is 0 Å². The Morgan fingerprint density at radius 2 is 2.10 bits per heavy atom. The normalized spacial score (nSPS) is 17.4. The average molecular weight is 272 g/mol. The highest BCUT2D eigenvalue weighted by atomic mass is 16.1. The van der Waals surface area contributed by atoms with Gasteiger partial charge in [0.2, 0.25) is 6.41 Å². The van der Waals surface area contributed by atoms with E-state index in [4.69, 9.17) is 0 Å². The number of rotatable bonds is 6. The lowest BCUT2D eigenvalue weighted by Crippen LogP contribution is -2.30. The van der Waals surface area contributed by atoms with Crippen LogP contribution >= 0.6 is 0 Å². The topological polar surface area (TPSA) is 33.2 Å². The summed E-state index contributed by atoms with van der Waals surface area (Å²) in [6.07, 6.45) is 12.1. The molecule has 1 saturated carbocycles. The fourth-order valence-electron chi connectivity index (χ4n) is 3.03. The smallest absolute Gasteiger partial charge is 0.214 e. The molecule has 0 spiro atoms. The van der Waals surface area contributed by atoms with Crippen LogP contribution in [0.15, 0.2) is 31.0 Å². The van der Waals surface area contributed by atoms with E-state index in [1.807, 2.05) is 19.1 Å². The lowest BCUT2D eigenvalue weighted by molar-refractivity contribution is -0.107. The summed E-state index contributed by atoms with van der Waals surface area (Å²) in [6.45, 7) is 6.71. The molecule has 20 heavy (non-hydrogen) atoms. The molecular formula is C17H24N2O. The van der Waals surface area contributed by atoms with E-state index in [-0.39, 0.29) is 5.41 Å². The van der Waals surface area contributed by atoms with E-state index in [0.717, 1.165) is 30.8 Å². The molecule has 1 fully saturated rings. The molecule has 0 unspecified atom stereocenters. The summed E-state index contributed by atoms with van der Waals surface area (Å²) < 4.78 is 0. The molecule has 2 rings (SSSR count). The first kappa shape index (κ1) is 14.8. The zero-order chi connectivity index (χ0) is 14.4. The van der Waals surface area contributed by atoms with Crippen LogP contribution in [0.25, 0.3) is 0 Å². The number of allylic oxidation sites excluding steroid dienone is 1. The predicted molar refractivity (Wildman–Crippen MR) is 82.7 cm³/mol. The van der Waals surface area contributed by atoms with Gasteiger partial charge in [0.1, 0.15) is 0 Å². The molecule has 3 nitrogen and oxygen atoms in total. The van der Waals surface area contributed by atoms with E-state index in [0.29, 0.717) is 0 Å². The number of hydrogen-bond acceptors (Lipinski definition) is 2. The number of carbonyl (C=O) groups is 1. The van der Waals surface area contributed by atoms with Gasteiger partial charge < -0.3 is 4.90 Å². The van der Waals surface area contributed by atoms with Crippen LogP contribution in [0, 0.1) is 12.3 Å². The van der Waals surface area contributed by atoms with E-state index < -0.39 is 0 Å². The summed E-state index contributed by atoms with van der Waals surface area (Å²) in [6, 6.07) is 3.90. The monoisotopic (exact) mass is 272 g/mol. The molecule has 1 aromatic rings. The Morgan fingerprint density at radius 1 is 1.35 bits per heavy atom. The summed E-state index contributed by atoms with van der Waals surface area (Å²) in [4.78, 5) is 17.3. The van der Waals surface area contributed by atoms with E-state index in [9.17, 15) is 4.79 Å². The third-order valence-corrected chi connectivity index (χ3v) is 4.49. The number of amides is 1. The summed E-state index contributed by atoms with van der Waals surface area (Å²) in [5.74, 6) is 0. The molecule has 0 atom stereocenters. The molecule has 1 aromatic heterocycles. The molecule has 108 valence electrons. The van der Waals surface area contributed by atoms with Crippen molar-refractivity contribution in [1.29, 1.82) is 0 Å². The van der Waals surface area contributed by atoms with E-state index in [1.54, 1.807) is 11.1 Å². The van der Waals surface area contributed by atoms with Gasteiger partial charge >= 0.3 is 0 Å². The number of pyridine rings is 1. The predicted octanol–water partition coefficient (Wildman–Crippen LogP) is 3.88. The van der Waals surface area contributed by atoms with Crippen LogP contribution in [-0.4, -0.2) is 17.9 Å². The van der Waals surface area contributed by atoms with E-state index in [1.165, 1.54) is 32.1 Å². The molecule has 0 radical (unpaired) electrons. The van der Waals surface area contributed by atoms with Gasteiger partial charge in [-0.05, 0) is 43.7 Å². The summed E-state index contributed by atoms with van der Waals surface area (Å²) >= 11 is 0. The van der Waals surface area contributed by atoms with Crippen LogP contribution in [0.5, 0.6) is 0 Å². The summed E-state index contributed by atoms with van der Waals surface area (Å²) in [7, 11) is 0. The standard InChI is InChI=1S/C17H24N2O/c1-3-17(9-5-4-6-10-17)11-12-19(14-20)16-8-7-15(2)18-13-16/h3,7-8,13-14H,1,4-6,9-12H2,2H3. The fraction of sp³-hybridized carbons (Fsp3) is 0.529. The van der Waals surface area contributed by atoms with Gasteiger partial charge in [0.05, 0.1) is 11.9 Å². The third kappa shape index (κ3) is 3.47. The molecule has 0 aliphatic heterocycles. The Hall–Kier alpha value is -1.64. The van der Waals surface area contributed by atoms with Crippen molar-refractivity contribution >= 4 is 12.1 Å². The Labute approximate surface area is 121 Å². The SMILES string of the molecule is C=CC1(CCN(C=O)c2ccc(C)nc2)CCCCC1. The minimum atomic E-state index is 0.220. The summed E-state index contributed by atoms with van der Waals surface area (Å²) in [5, 5.41) is 0. The second-order valence-electron chi connectivity index (χ2n) is 5.83. The van der Waals surface area contributed by atoms with Crippen molar-refractivity contribution in [3.05, 3.63) is 36.7 Å². The van der Waals surface area contributed by atoms with Gasteiger partial charge in [0.15, 0.2) is 0 Å². The Morgan fingerprint density at radius 3 is 2.65 bits per heavy atom. The first-order chi connectivity index (χ1) is 9.69. The molecule has 1 aliphatic rings. The highest BCUT2D eigenvalue weighted by Gasteiger charge is 2.29. The number of carbonyl (C=O) groups excluding carboxylic acids is 1. The van der Waals surface area contributed by atoms with Crippen LogP contribution in [0.1, 0.15) is 44.2 Å². The highest BCUT2D eigenvalue weighted by Crippen LogP contribution is 2.40. The van der Waals surface area contributed by atoms with Crippen molar-refractivity contribution < 1.29 is 4.79 Å². The quantitative estimate of drug-likeness (QED) is 0.581. The lowest BCUT2D eigenvalue weighted by atomic mass is 9.72. The van der Waals surface area contributed by atoms with Gasteiger partial charge in [-0.1, -0.05) is 25.3 Å². The van der Waals surface area contributed by atoms with Crippen LogP contribution in [0.2, 0.25) is 0 Å². The Bertz CT molecular complexity index is 447. The van der Waals surface area contributed by atoms with Crippen molar-refractivity contribution in [2.45, 2.75) is 45.4 Å². The number of hydrogen-bond donors (Lipinski definition) is 0. The molecular weight excluding hydrogens is 248 g/mol. The van der Waals surface area contributed by atoms with Crippen LogP contribution in [0.3, 0.4) is 0 Å². The van der Waals surface area contributed by atoms with Crippen LogP contribution in [-0.2, 0) is 4.79 Å². The number of aryl methyl sites for hydroxylation is 1. The van der Waals surface area contributed by atoms with Crippen molar-refractivity contribution in [1.82, 2.24) is 4.98 Å². The number of anilines is 1.